The summed E-state index contributed by atoms with van der Waals surface area (Å²) in [5, 5.41) is 33.3. The molecule has 0 aliphatic carbocycles. The Hall–Kier alpha value is -3.77. The van der Waals surface area contributed by atoms with Gasteiger partial charge in [-0.25, -0.2) is 0 Å². The minimum atomic E-state index is -0.654. The van der Waals surface area contributed by atoms with E-state index in [0.717, 1.165) is 31.4 Å². The fourth-order valence-corrected chi connectivity index (χ4v) is 8.83. The first-order valence-corrected chi connectivity index (χ1v) is 22.9. The molecule has 0 saturated heterocycles. The molecule has 6 nitrogen and oxygen atoms in total. The van der Waals surface area contributed by atoms with E-state index in [1.165, 1.54) is 5.56 Å². The van der Waals surface area contributed by atoms with Crippen LogP contribution in [-0.4, -0.2) is 70.7 Å². The van der Waals surface area contributed by atoms with Gasteiger partial charge in [-0.15, -0.1) is 35.3 Å². The molecule has 3 unspecified atom stereocenters. The molecule has 0 radical (unpaired) electrons. The second kappa shape index (κ2) is 22.2. The Labute approximate surface area is 370 Å². The molecule has 0 fully saturated rings. The summed E-state index contributed by atoms with van der Waals surface area (Å²) in [6, 6.07) is 47.3. The first kappa shape index (κ1) is 44.8. The Kier molecular flexibility index (Phi) is 16.8. The van der Waals surface area contributed by atoms with Gasteiger partial charge in [0.25, 0.3) is 0 Å². The molecule has 308 valence electrons. The number of rotatable bonds is 21. The lowest BCUT2D eigenvalue weighted by molar-refractivity contribution is 0.126. The van der Waals surface area contributed by atoms with Gasteiger partial charge < -0.3 is 29.5 Å². The van der Waals surface area contributed by atoms with Crippen LogP contribution in [0.3, 0.4) is 0 Å². The second-order valence-electron chi connectivity index (χ2n) is 14.2. The van der Waals surface area contributed by atoms with Crippen molar-refractivity contribution < 1.29 is 29.5 Å². The first-order valence-electron chi connectivity index (χ1n) is 19.2. The van der Waals surface area contributed by atoms with E-state index >= 15 is 0 Å². The molecule has 0 heterocycles. The average molecular weight is 888 g/mol. The van der Waals surface area contributed by atoms with Crippen molar-refractivity contribution in [2.24, 2.45) is 0 Å². The van der Waals surface area contributed by atoms with E-state index < -0.39 is 23.7 Å². The number of aryl methyl sites for hydroxylation is 1. The highest BCUT2D eigenvalue weighted by molar-refractivity contribution is 7.99. The Morgan fingerprint density at radius 3 is 1.00 bits per heavy atom. The third-order valence-electron chi connectivity index (χ3n) is 9.60. The van der Waals surface area contributed by atoms with Gasteiger partial charge in [0.05, 0.1) is 18.3 Å². The zero-order valence-corrected chi connectivity index (χ0v) is 36.8. The second-order valence-corrected chi connectivity index (χ2v) is 18.4. The molecule has 3 atom stereocenters. The predicted molar refractivity (Wildman–Crippen MR) is 246 cm³/mol. The SMILES string of the molecule is Cc1ccc(SCC(O)COc2ccc(C(C)(c3ccc(OCC(O)CSc4ccc(Cl)cc4)cc3)c3ccc(OCC(O)CSc4ccc(Cl)cc4)cc3)cc2)cc1. The Balaban J connectivity index is 1.11. The van der Waals surface area contributed by atoms with Crippen molar-refractivity contribution in [2.75, 3.05) is 37.1 Å². The van der Waals surface area contributed by atoms with E-state index in [2.05, 4.69) is 74.5 Å². The fourth-order valence-electron chi connectivity index (χ4n) is 6.15. The van der Waals surface area contributed by atoms with Crippen LogP contribution >= 0.6 is 58.5 Å². The molecule has 6 aromatic rings. The first-order chi connectivity index (χ1) is 28.5. The highest BCUT2D eigenvalue weighted by Crippen LogP contribution is 2.41. The topological polar surface area (TPSA) is 88.4 Å². The van der Waals surface area contributed by atoms with E-state index in [1.807, 2.05) is 84.9 Å². The maximum absolute atomic E-state index is 10.6. The summed E-state index contributed by atoms with van der Waals surface area (Å²) in [5.74, 6) is 3.50. The lowest BCUT2D eigenvalue weighted by Gasteiger charge is -2.32. The molecule has 0 saturated carbocycles. The zero-order chi connectivity index (χ0) is 41.6. The molecule has 6 aromatic carbocycles. The molecule has 6 rings (SSSR count). The predicted octanol–water partition coefficient (Wildman–Crippen LogP) is 11.3. The van der Waals surface area contributed by atoms with E-state index in [-0.39, 0.29) is 19.8 Å². The van der Waals surface area contributed by atoms with Crippen LogP contribution in [0, 0.1) is 6.92 Å². The average Bonchev–Trinajstić information content (AvgIpc) is 3.26. The number of aliphatic hydroxyl groups excluding tert-OH is 3. The molecular weight excluding hydrogens is 840 g/mol. The van der Waals surface area contributed by atoms with Crippen LogP contribution in [0.25, 0.3) is 0 Å². The van der Waals surface area contributed by atoms with E-state index in [9.17, 15) is 15.3 Å². The monoisotopic (exact) mass is 886 g/mol. The summed E-state index contributed by atoms with van der Waals surface area (Å²) < 4.78 is 18.0. The molecule has 0 aliphatic heterocycles. The summed E-state index contributed by atoms with van der Waals surface area (Å²) in [5.41, 5.74) is 3.71. The van der Waals surface area contributed by atoms with Gasteiger partial charge in [0, 0.05) is 47.4 Å². The summed E-state index contributed by atoms with van der Waals surface area (Å²) in [4.78, 5) is 3.17. The Bertz CT molecular complexity index is 1910. The van der Waals surface area contributed by atoms with Gasteiger partial charge in [-0.05, 0) is 128 Å². The van der Waals surface area contributed by atoms with E-state index in [1.54, 1.807) is 35.3 Å². The van der Waals surface area contributed by atoms with Crippen LogP contribution in [0.4, 0.5) is 0 Å². The normalized spacial score (nSPS) is 13.9. The van der Waals surface area contributed by atoms with Crippen molar-refractivity contribution in [1.29, 1.82) is 0 Å². The summed E-state index contributed by atoms with van der Waals surface area (Å²) in [7, 11) is 0. The molecule has 0 aliphatic rings. The summed E-state index contributed by atoms with van der Waals surface area (Å²) >= 11 is 16.7. The van der Waals surface area contributed by atoms with Crippen LogP contribution in [0.2, 0.25) is 10.0 Å². The third-order valence-corrected chi connectivity index (χ3v) is 13.6. The largest absolute Gasteiger partial charge is 0.491 e. The standard InChI is InChI=1S/C48H48Cl2O6S3/c1-33-3-21-45(22-4-33)57-30-39(51)27-54-42-15-5-34(6-16-42)48(2,35-7-17-43(18-8-35)55-28-40(52)31-58-46-23-11-37(49)12-24-46)36-9-19-44(20-10-36)56-29-41(53)32-59-47-25-13-38(50)14-26-47/h3-26,39-41,51-53H,27-32H2,1-2H3. The highest BCUT2D eigenvalue weighted by atomic mass is 35.5. The smallest absolute Gasteiger partial charge is 0.119 e. The number of hydrogen-bond acceptors (Lipinski definition) is 9. The molecular formula is C48H48Cl2O6S3. The number of ether oxygens (including phenoxy) is 3. The molecule has 0 spiro atoms. The minimum Gasteiger partial charge on any atom is -0.491 e. The number of thioether (sulfide) groups is 3. The number of benzene rings is 6. The van der Waals surface area contributed by atoms with E-state index in [0.29, 0.717) is 44.6 Å². The molecule has 59 heavy (non-hydrogen) atoms. The van der Waals surface area contributed by atoms with Crippen molar-refractivity contribution in [3.8, 4) is 17.2 Å². The number of aliphatic hydroxyl groups is 3. The van der Waals surface area contributed by atoms with Crippen molar-refractivity contribution >= 4 is 58.5 Å². The van der Waals surface area contributed by atoms with Crippen molar-refractivity contribution in [3.63, 3.8) is 0 Å². The van der Waals surface area contributed by atoms with Gasteiger partial charge in [0.2, 0.25) is 0 Å². The molecule has 0 bridgehead atoms. The van der Waals surface area contributed by atoms with Crippen LogP contribution in [-0.2, 0) is 5.41 Å². The molecule has 3 N–H and O–H groups in total. The van der Waals surface area contributed by atoms with Crippen molar-refractivity contribution in [1.82, 2.24) is 0 Å². The van der Waals surface area contributed by atoms with Crippen molar-refractivity contribution in [3.05, 3.63) is 178 Å². The maximum Gasteiger partial charge on any atom is 0.119 e. The maximum atomic E-state index is 10.6. The fraction of sp³-hybridized carbons (Fsp3) is 0.250. The minimum absolute atomic E-state index is 0.161. The van der Waals surface area contributed by atoms with Gasteiger partial charge in [-0.1, -0.05) is 77.3 Å². The van der Waals surface area contributed by atoms with Crippen molar-refractivity contribution in [2.45, 2.75) is 52.3 Å². The quantitative estimate of drug-likeness (QED) is 0.0483. The van der Waals surface area contributed by atoms with Crippen LogP contribution in [0.1, 0.15) is 29.2 Å². The lowest BCUT2D eigenvalue weighted by atomic mass is 9.71. The van der Waals surface area contributed by atoms with Gasteiger partial charge >= 0.3 is 0 Å². The highest BCUT2D eigenvalue weighted by Gasteiger charge is 2.31. The Morgan fingerprint density at radius 1 is 0.441 bits per heavy atom. The van der Waals surface area contributed by atoms with Gasteiger partial charge in [0.1, 0.15) is 37.1 Å². The summed E-state index contributed by atoms with van der Waals surface area (Å²) in [6.07, 6.45) is -1.93. The number of hydrogen-bond donors (Lipinski definition) is 3. The van der Waals surface area contributed by atoms with E-state index in [4.69, 9.17) is 37.4 Å². The molecule has 0 aromatic heterocycles. The Morgan fingerprint density at radius 2 is 0.712 bits per heavy atom. The molecule has 11 heteroatoms. The van der Waals surface area contributed by atoms with Gasteiger partial charge in [-0.2, -0.15) is 0 Å². The zero-order valence-electron chi connectivity index (χ0n) is 32.9. The summed E-state index contributed by atoms with van der Waals surface area (Å²) in [6.45, 7) is 4.74. The van der Waals surface area contributed by atoms with Crippen LogP contribution in [0.15, 0.2) is 160 Å². The van der Waals surface area contributed by atoms with Gasteiger partial charge in [0.15, 0.2) is 0 Å². The third kappa shape index (κ3) is 13.6. The lowest BCUT2D eigenvalue weighted by Crippen LogP contribution is -2.25. The van der Waals surface area contributed by atoms with Gasteiger partial charge in [-0.3, -0.25) is 0 Å². The van der Waals surface area contributed by atoms with Crippen LogP contribution in [0.5, 0.6) is 17.2 Å². The number of halogens is 2. The van der Waals surface area contributed by atoms with Crippen LogP contribution < -0.4 is 14.2 Å². The molecule has 0 amide bonds.